The molecule has 0 spiro atoms. The highest BCUT2D eigenvalue weighted by Gasteiger charge is 2.18. The first-order valence-electron chi connectivity index (χ1n) is 5.80. The summed E-state index contributed by atoms with van der Waals surface area (Å²) in [6.45, 7) is 3.50. The highest BCUT2D eigenvalue weighted by molar-refractivity contribution is 6.21. The van der Waals surface area contributed by atoms with Gasteiger partial charge in [0, 0.05) is 11.1 Å². The minimum Gasteiger partial charge on any atom is -0.290 e. The quantitative estimate of drug-likeness (QED) is 0.742. The van der Waals surface area contributed by atoms with Gasteiger partial charge < -0.3 is 0 Å². The SMILES string of the molecule is CC1=CC(=O)C(/C(C)=C\c2ccccc2)=CC1=O. The average Bonchev–Trinajstić information content (AvgIpc) is 2.35. The first kappa shape index (κ1) is 12.2. The van der Waals surface area contributed by atoms with E-state index in [4.69, 9.17) is 0 Å². The van der Waals surface area contributed by atoms with Crippen LogP contribution in [0.1, 0.15) is 19.4 Å². The second kappa shape index (κ2) is 4.96. The van der Waals surface area contributed by atoms with E-state index in [0.717, 1.165) is 11.1 Å². The molecule has 2 heteroatoms. The Morgan fingerprint density at radius 1 is 1.00 bits per heavy atom. The van der Waals surface area contributed by atoms with Gasteiger partial charge in [-0.3, -0.25) is 9.59 Å². The van der Waals surface area contributed by atoms with Crippen molar-refractivity contribution in [2.45, 2.75) is 13.8 Å². The molecule has 18 heavy (non-hydrogen) atoms. The van der Waals surface area contributed by atoms with Crippen LogP contribution < -0.4 is 0 Å². The molecule has 0 unspecified atom stereocenters. The highest BCUT2D eigenvalue weighted by Crippen LogP contribution is 2.20. The molecule has 0 heterocycles. The highest BCUT2D eigenvalue weighted by atomic mass is 16.1. The van der Waals surface area contributed by atoms with Gasteiger partial charge in [-0.05, 0) is 37.1 Å². The molecular weight excluding hydrogens is 224 g/mol. The summed E-state index contributed by atoms with van der Waals surface area (Å²) >= 11 is 0. The van der Waals surface area contributed by atoms with Crippen LogP contribution in [0.2, 0.25) is 0 Å². The first-order valence-corrected chi connectivity index (χ1v) is 5.80. The summed E-state index contributed by atoms with van der Waals surface area (Å²) < 4.78 is 0. The molecule has 0 N–H and O–H groups in total. The van der Waals surface area contributed by atoms with Gasteiger partial charge in [-0.1, -0.05) is 36.4 Å². The third-order valence-electron chi connectivity index (χ3n) is 2.88. The van der Waals surface area contributed by atoms with Gasteiger partial charge in [0.2, 0.25) is 0 Å². The number of hydrogen-bond acceptors (Lipinski definition) is 2. The summed E-state index contributed by atoms with van der Waals surface area (Å²) in [6.07, 6.45) is 4.73. The molecule has 2 nitrogen and oxygen atoms in total. The lowest BCUT2D eigenvalue weighted by Gasteiger charge is -2.10. The zero-order chi connectivity index (χ0) is 13.1. The largest absolute Gasteiger partial charge is 0.290 e. The van der Waals surface area contributed by atoms with Crippen LogP contribution >= 0.6 is 0 Å². The summed E-state index contributed by atoms with van der Waals surface area (Å²) in [7, 11) is 0. The maximum absolute atomic E-state index is 11.8. The summed E-state index contributed by atoms with van der Waals surface area (Å²) in [5, 5.41) is 0. The fraction of sp³-hybridized carbons (Fsp3) is 0.125. The molecule has 0 saturated heterocycles. The van der Waals surface area contributed by atoms with Gasteiger partial charge in [0.15, 0.2) is 11.6 Å². The predicted molar refractivity (Wildman–Crippen MR) is 71.9 cm³/mol. The molecule has 0 radical (unpaired) electrons. The Hall–Kier alpha value is -2.22. The van der Waals surface area contributed by atoms with E-state index in [-0.39, 0.29) is 11.6 Å². The van der Waals surface area contributed by atoms with E-state index in [1.165, 1.54) is 12.2 Å². The molecule has 0 bridgehead atoms. The van der Waals surface area contributed by atoms with Gasteiger partial charge in [0.1, 0.15) is 0 Å². The number of rotatable bonds is 2. The minimum atomic E-state index is -0.100. The van der Waals surface area contributed by atoms with E-state index in [9.17, 15) is 9.59 Å². The van der Waals surface area contributed by atoms with Crippen LogP contribution in [-0.2, 0) is 9.59 Å². The number of allylic oxidation sites excluding steroid dienone is 5. The van der Waals surface area contributed by atoms with Gasteiger partial charge in [-0.25, -0.2) is 0 Å². The van der Waals surface area contributed by atoms with E-state index < -0.39 is 0 Å². The van der Waals surface area contributed by atoms with E-state index in [2.05, 4.69) is 0 Å². The van der Waals surface area contributed by atoms with Crippen molar-refractivity contribution in [2.75, 3.05) is 0 Å². The number of benzene rings is 1. The molecular formula is C16H14O2. The second-order valence-corrected chi connectivity index (χ2v) is 4.35. The van der Waals surface area contributed by atoms with Crippen molar-refractivity contribution in [1.29, 1.82) is 0 Å². The normalized spacial score (nSPS) is 16.4. The first-order chi connectivity index (χ1) is 8.58. The fourth-order valence-electron chi connectivity index (χ4n) is 1.85. The Balaban J connectivity index is 2.33. The van der Waals surface area contributed by atoms with Crippen molar-refractivity contribution in [3.8, 4) is 0 Å². The lowest BCUT2D eigenvalue weighted by molar-refractivity contribution is -0.115. The van der Waals surface area contributed by atoms with Crippen molar-refractivity contribution in [3.63, 3.8) is 0 Å². The third-order valence-corrected chi connectivity index (χ3v) is 2.88. The van der Waals surface area contributed by atoms with Crippen LogP contribution in [0.15, 0.2) is 59.2 Å². The lowest BCUT2D eigenvalue weighted by atomic mass is 9.92. The Bertz CT molecular complexity index is 587. The third kappa shape index (κ3) is 2.54. The molecule has 0 atom stereocenters. The van der Waals surface area contributed by atoms with Gasteiger partial charge in [0.25, 0.3) is 0 Å². The summed E-state index contributed by atoms with van der Waals surface area (Å²) in [5.74, 6) is -0.192. The second-order valence-electron chi connectivity index (χ2n) is 4.35. The smallest absolute Gasteiger partial charge is 0.186 e. The van der Waals surface area contributed by atoms with Gasteiger partial charge in [-0.15, -0.1) is 0 Å². The minimum absolute atomic E-state index is 0.0922. The molecule has 0 amide bonds. The molecule has 0 saturated carbocycles. The van der Waals surface area contributed by atoms with Gasteiger partial charge in [0.05, 0.1) is 0 Å². The van der Waals surface area contributed by atoms with E-state index >= 15 is 0 Å². The Morgan fingerprint density at radius 3 is 2.33 bits per heavy atom. The van der Waals surface area contributed by atoms with Gasteiger partial charge in [-0.2, -0.15) is 0 Å². The van der Waals surface area contributed by atoms with Gasteiger partial charge >= 0.3 is 0 Å². The van der Waals surface area contributed by atoms with Crippen LogP contribution in [0.25, 0.3) is 6.08 Å². The Morgan fingerprint density at radius 2 is 1.67 bits per heavy atom. The van der Waals surface area contributed by atoms with Crippen LogP contribution in [-0.4, -0.2) is 11.6 Å². The standard InChI is InChI=1S/C16H14O2/c1-11(8-13-6-4-3-5-7-13)14-10-15(17)12(2)9-16(14)18/h3-10H,1-2H3/b11-8-. The molecule has 90 valence electrons. The van der Waals surface area contributed by atoms with Crippen molar-refractivity contribution in [1.82, 2.24) is 0 Å². The average molecular weight is 238 g/mol. The van der Waals surface area contributed by atoms with E-state index in [1.807, 2.05) is 43.3 Å². The number of hydrogen-bond donors (Lipinski definition) is 0. The molecule has 2 rings (SSSR count). The maximum atomic E-state index is 11.8. The van der Waals surface area contributed by atoms with Crippen molar-refractivity contribution < 1.29 is 9.59 Å². The topological polar surface area (TPSA) is 34.1 Å². The molecule has 1 aromatic carbocycles. The molecule has 0 aliphatic heterocycles. The maximum Gasteiger partial charge on any atom is 0.186 e. The van der Waals surface area contributed by atoms with Crippen molar-refractivity contribution >= 4 is 17.6 Å². The summed E-state index contributed by atoms with van der Waals surface area (Å²) in [6, 6.07) is 9.73. The van der Waals surface area contributed by atoms with Crippen molar-refractivity contribution in [2.24, 2.45) is 0 Å². The Kier molecular flexibility index (Phi) is 3.38. The van der Waals surface area contributed by atoms with Crippen LogP contribution in [0.3, 0.4) is 0 Å². The van der Waals surface area contributed by atoms with Crippen molar-refractivity contribution in [3.05, 3.63) is 64.8 Å². The molecule has 0 aromatic heterocycles. The number of carbonyl (C=O) groups excluding carboxylic acids is 2. The molecule has 0 fully saturated rings. The zero-order valence-corrected chi connectivity index (χ0v) is 10.4. The molecule has 1 aromatic rings. The van der Waals surface area contributed by atoms with E-state index in [0.29, 0.717) is 11.1 Å². The number of ketones is 2. The molecule has 1 aliphatic carbocycles. The Labute approximate surface area is 106 Å². The van der Waals surface area contributed by atoms with Crippen LogP contribution in [0.4, 0.5) is 0 Å². The lowest BCUT2D eigenvalue weighted by Crippen LogP contribution is -2.12. The zero-order valence-electron chi connectivity index (χ0n) is 10.4. The fourth-order valence-corrected chi connectivity index (χ4v) is 1.85. The summed E-state index contributed by atoms with van der Waals surface area (Å²) in [5.41, 5.74) is 2.80. The molecule has 1 aliphatic rings. The summed E-state index contributed by atoms with van der Waals surface area (Å²) in [4.78, 5) is 23.4. The monoisotopic (exact) mass is 238 g/mol. The predicted octanol–water partition coefficient (Wildman–Crippen LogP) is 3.11. The number of carbonyl (C=O) groups is 2. The van der Waals surface area contributed by atoms with Crippen LogP contribution in [0.5, 0.6) is 0 Å². The van der Waals surface area contributed by atoms with E-state index in [1.54, 1.807) is 6.92 Å². The van der Waals surface area contributed by atoms with Crippen LogP contribution in [0, 0.1) is 0 Å².